The van der Waals surface area contributed by atoms with E-state index in [-0.39, 0.29) is 11.8 Å². The second-order valence-corrected chi connectivity index (χ2v) is 5.48. The SMILES string of the molecule is COCCOCc1cccc(NC(=O)C2CNCC2C)c1. The molecule has 5 heteroatoms. The third-order valence-corrected chi connectivity index (χ3v) is 3.75. The number of ether oxygens (including phenoxy) is 2. The molecular weight excluding hydrogens is 268 g/mol. The highest BCUT2D eigenvalue weighted by atomic mass is 16.5. The van der Waals surface area contributed by atoms with Gasteiger partial charge in [0.05, 0.1) is 25.7 Å². The van der Waals surface area contributed by atoms with Crippen molar-refractivity contribution < 1.29 is 14.3 Å². The Morgan fingerprint density at radius 3 is 2.95 bits per heavy atom. The van der Waals surface area contributed by atoms with Gasteiger partial charge in [-0.2, -0.15) is 0 Å². The first kappa shape index (κ1) is 15.9. The van der Waals surface area contributed by atoms with Crippen molar-refractivity contribution in [1.82, 2.24) is 5.32 Å². The third-order valence-electron chi connectivity index (χ3n) is 3.75. The molecule has 0 saturated carbocycles. The molecule has 0 radical (unpaired) electrons. The van der Waals surface area contributed by atoms with Gasteiger partial charge in [0.1, 0.15) is 0 Å². The van der Waals surface area contributed by atoms with Crippen molar-refractivity contribution in [3.8, 4) is 0 Å². The van der Waals surface area contributed by atoms with Gasteiger partial charge in [-0.1, -0.05) is 19.1 Å². The molecule has 2 unspecified atom stereocenters. The summed E-state index contributed by atoms with van der Waals surface area (Å²) in [4.78, 5) is 12.2. The van der Waals surface area contributed by atoms with Crippen LogP contribution in [-0.2, 0) is 20.9 Å². The maximum Gasteiger partial charge on any atom is 0.229 e. The summed E-state index contributed by atoms with van der Waals surface area (Å²) in [5, 5.41) is 6.24. The highest BCUT2D eigenvalue weighted by Gasteiger charge is 2.29. The molecule has 116 valence electrons. The number of amides is 1. The number of carbonyl (C=O) groups is 1. The van der Waals surface area contributed by atoms with E-state index in [4.69, 9.17) is 9.47 Å². The Labute approximate surface area is 126 Å². The molecule has 2 atom stereocenters. The van der Waals surface area contributed by atoms with Gasteiger partial charge >= 0.3 is 0 Å². The van der Waals surface area contributed by atoms with E-state index in [1.165, 1.54) is 0 Å². The van der Waals surface area contributed by atoms with Crippen LogP contribution in [-0.4, -0.2) is 39.3 Å². The molecular formula is C16H24N2O3. The summed E-state index contributed by atoms with van der Waals surface area (Å²) >= 11 is 0. The number of methoxy groups -OCH3 is 1. The van der Waals surface area contributed by atoms with E-state index in [0.29, 0.717) is 25.7 Å². The van der Waals surface area contributed by atoms with Crippen LogP contribution in [0.25, 0.3) is 0 Å². The minimum Gasteiger partial charge on any atom is -0.382 e. The van der Waals surface area contributed by atoms with Crippen LogP contribution in [0.3, 0.4) is 0 Å². The standard InChI is InChI=1S/C16H24N2O3/c1-12-9-17-10-15(12)16(19)18-14-5-3-4-13(8-14)11-21-7-6-20-2/h3-5,8,12,15,17H,6-7,9-11H2,1-2H3,(H,18,19). The third kappa shape index (κ3) is 4.81. The average Bonchev–Trinajstić information content (AvgIpc) is 2.90. The molecule has 0 bridgehead atoms. The number of benzene rings is 1. The Balaban J connectivity index is 1.86. The Morgan fingerprint density at radius 1 is 1.38 bits per heavy atom. The molecule has 2 rings (SSSR count). The van der Waals surface area contributed by atoms with Gasteiger partial charge in [-0.25, -0.2) is 0 Å². The molecule has 1 aliphatic rings. The molecule has 1 amide bonds. The quantitative estimate of drug-likeness (QED) is 0.750. The second kappa shape index (κ2) is 8.12. The fraction of sp³-hybridized carbons (Fsp3) is 0.562. The molecule has 21 heavy (non-hydrogen) atoms. The van der Waals surface area contributed by atoms with Gasteiger partial charge in [0.2, 0.25) is 5.91 Å². The zero-order chi connectivity index (χ0) is 15.1. The lowest BCUT2D eigenvalue weighted by Gasteiger charge is -2.14. The molecule has 5 nitrogen and oxygen atoms in total. The highest BCUT2D eigenvalue weighted by Crippen LogP contribution is 2.19. The summed E-state index contributed by atoms with van der Waals surface area (Å²) in [5.41, 5.74) is 1.87. The molecule has 1 aromatic carbocycles. The van der Waals surface area contributed by atoms with Crippen molar-refractivity contribution in [3.05, 3.63) is 29.8 Å². The van der Waals surface area contributed by atoms with Crippen LogP contribution < -0.4 is 10.6 Å². The lowest BCUT2D eigenvalue weighted by Crippen LogP contribution is -2.27. The lowest BCUT2D eigenvalue weighted by molar-refractivity contribution is -0.120. The molecule has 1 heterocycles. The van der Waals surface area contributed by atoms with Crippen LogP contribution >= 0.6 is 0 Å². The maximum absolute atomic E-state index is 12.2. The largest absolute Gasteiger partial charge is 0.382 e. The normalized spacial score (nSPS) is 21.4. The predicted molar refractivity (Wildman–Crippen MR) is 82.1 cm³/mol. The predicted octanol–water partition coefficient (Wildman–Crippen LogP) is 1.64. The Hall–Kier alpha value is -1.43. The summed E-state index contributed by atoms with van der Waals surface area (Å²) in [6, 6.07) is 7.78. The molecule has 1 aliphatic heterocycles. The van der Waals surface area contributed by atoms with Crippen LogP contribution in [0.4, 0.5) is 5.69 Å². The lowest BCUT2D eigenvalue weighted by atomic mass is 9.97. The summed E-state index contributed by atoms with van der Waals surface area (Å²) in [6.07, 6.45) is 0. The van der Waals surface area contributed by atoms with Crippen molar-refractivity contribution in [2.24, 2.45) is 11.8 Å². The van der Waals surface area contributed by atoms with Gasteiger partial charge in [-0.05, 0) is 30.2 Å². The molecule has 2 N–H and O–H groups in total. The van der Waals surface area contributed by atoms with Gasteiger partial charge < -0.3 is 20.1 Å². The van der Waals surface area contributed by atoms with Crippen LogP contribution in [0.1, 0.15) is 12.5 Å². The smallest absolute Gasteiger partial charge is 0.229 e. The van der Waals surface area contributed by atoms with E-state index in [0.717, 1.165) is 24.3 Å². The minimum absolute atomic E-state index is 0.0478. The van der Waals surface area contributed by atoms with E-state index >= 15 is 0 Å². The van der Waals surface area contributed by atoms with Gasteiger partial charge in [0, 0.05) is 19.3 Å². The Bertz CT molecular complexity index is 465. The molecule has 1 aromatic rings. The van der Waals surface area contributed by atoms with Crippen molar-refractivity contribution in [1.29, 1.82) is 0 Å². The van der Waals surface area contributed by atoms with Crippen molar-refractivity contribution in [2.75, 3.05) is 38.7 Å². The fourth-order valence-electron chi connectivity index (χ4n) is 2.47. The number of carbonyl (C=O) groups excluding carboxylic acids is 1. The molecule has 0 aromatic heterocycles. The number of anilines is 1. The Kier molecular flexibility index (Phi) is 6.17. The molecule has 0 spiro atoms. The van der Waals surface area contributed by atoms with Crippen LogP contribution in [0.15, 0.2) is 24.3 Å². The number of hydrogen-bond donors (Lipinski definition) is 2. The first-order valence-electron chi connectivity index (χ1n) is 7.38. The molecule has 0 aliphatic carbocycles. The van der Waals surface area contributed by atoms with Crippen LogP contribution in [0.2, 0.25) is 0 Å². The van der Waals surface area contributed by atoms with Gasteiger partial charge in [0.25, 0.3) is 0 Å². The number of hydrogen-bond acceptors (Lipinski definition) is 4. The zero-order valence-electron chi connectivity index (χ0n) is 12.7. The van der Waals surface area contributed by atoms with E-state index < -0.39 is 0 Å². The van der Waals surface area contributed by atoms with Gasteiger partial charge in [-0.3, -0.25) is 4.79 Å². The summed E-state index contributed by atoms with van der Waals surface area (Å²) in [5.74, 6) is 0.516. The van der Waals surface area contributed by atoms with Crippen molar-refractivity contribution in [2.45, 2.75) is 13.5 Å². The van der Waals surface area contributed by atoms with E-state index in [1.54, 1.807) is 7.11 Å². The summed E-state index contributed by atoms with van der Waals surface area (Å²) < 4.78 is 10.4. The topological polar surface area (TPSA) is 59.6 Å². The second-order valence-electron chi connectivity index (χ2n) is 5.48. The number of rotatable bonds is 7. The molecule has 1 saturated heterocycles. The monoisotopic (exact) mass is 292 g/mol. The average molecular weight is 292 g/mol. The first-order chi connectivity index (χ1) is 10.2. The minimum atomic E-state index is 0.0478. The zero-order valence-corrected chi connectivity index (χ0v) is 12.7. The van der Waals surface area contributed by atoms with E-state index in [2.05, 4.69) is 17.6 Å². The van der Waals surface area contributed by atoms with Crippen LogP contribution in [0.5, 0.6) is 0 Å². The summed E-state index contributed by atoms with van der Waals surface area (Å²) in [6.45, 7) is 5.44. The maximum atomic E-state index is 12.2. The Morgan fingerprint density at radius 2 is 2.24 bits per heavy atom. The van der Waals surface area contributed by atoms with Crippen molar-refractivity contribution in [3.63, 3.8) is 0 Å². The fourth-order valence-corrected chi connectivity index (χ4v) is 2.47. The van der Waals surface area contributed by atoms with Gasteiger partial charge in [-0.15, -0.1) is 0 Å². The first-order valence-corrected chi connectivity index (χ1v) is 7.38. The summed E-state index contributed by atoms with van der Waals surface area (Å²) in [7, 11) is 1.65. The van der Waals surface area contributed by atoms with E-state index in [1.807, 2.05) is 24.3 Å². The van der Waals surface area contributed by atoms with Gasteiger partial charge in [0.15, 0.2) is 0 Å². The highest BCUT2D eigenvalue weighted by molar-refractivity contribution is 5.93. The van der Waals surface area contributed by atoms with Crippen LogP contribution in [0, 0.1) is 11.8 Å². The van der Waals surface area contributed by atoms with Crippen molar-refractivity contribution >= 4 is 11.6 Å². The van der Waals surface area contributed by atoms with E-state index in [9.17, 15) is 4.79 Å². The molecule has 1 fully saturated rings. The number of nitrogens with one attached hydrogen (secondary N) is 2.